The lowest BCUT2D eigenvalue weighted by Crippen LogP contribution is -2.26. The van der Waals surface area contributed by atoms with Gasteiger partial charge < -0.3 is 10.6 Å². The number of carbonyl (C=O) groups is 2. The molecule has 0 heterocycles. The summed E-state index contributed by atoms with van der Waals surface area (Å²) in [4.78, 5) is 23.6. The fourth-order valence-electron chi connectivity index (χ4n) is 2.25. The molecule has 0 unspecified atom stereocenters. The average molecular weight is 422 g/mol. The van der Waals surface area contributed by atoms with Gasteiger partial charge in [0.15, 0.2) is 0 Å². The topological polar surface area (TPSA) is 58.2 Å². The van der Waals surface area contributed by atoms with Crippen LogP contribution < -0.4 is 10.6 Å². The molecule has 0 aliphatic carbocycles. The Bertz CT molecular complexity index is 793. The summed E-state index contributed by atoms with van der Waals surface area (Å²) in [5.74, 6) is -0.337. The monoisotopic (exact) mass is 420 g/mol. The fourth-order valence-corrected chi connectivity index (χ4v) is 3.07. The summed E-state index contributed by atoms with van der Waals surface area (Å²) in [6.07, 6.45) is 1.46. The number of hydrogen-bond donors (Lipinski definition) is 2. The second-order valence-corrected chi connectivity index (χ2v) is 6.67. The van der Waals surface area contributed by atoms with Gasteiger partial charge in [-0.05, 0) is 34.9 Å². The maximum Gasteiger partial charge on any atom is 0.243 e. The Hall–Kier alpha value is -2.11. The normalized spacial score (nSPS) is 10.2. The third-order valence-corrected chi connectivity index (χ3v) is 4.57. The highest BCUT2D eigenvalue weighted by Gasteiger charge is 2.09. The molecule has 2 rings (SSSR count). The van der Waals surface area contributed by atoms with Crippen molar-refractivity contribution in [2.75, 3.05) is 0 Å². The molecule has 0 atom stereocenters. The molecule has 4 nitrogen and oxygen atoms in total. The molecule has 0 aliphatic heterocycles. The van der Waals surface area contributed by atoms with Gasteiger partial charge in [0.05, 0.1) is 6.42 Å². The summed E-state index contributed by atoms with van der Waals surface area (Å²) in [6, 6.07) is 13.0. The van der Waals surface area contributed by atoms with Crippen LogP contribution in [0.1, 0.15) is 16.7 Å². The molecule has 2 amide bonds. The fraction of sp³-hybridized carbons (Fsp3) is 0.158. The Morgan fingerprint density at radius 3 is 2.40 bits per heavy atom. The molecule has 130 valence electrons. The van der Waals surface area contributed by atoms with E-state index in [0.717, 1.165) is 21.2 Å². The summed E-state index contributed by atoms with van der Waals surface area (Å²) >= 11 is 9.35. The zero-order valence-electron chi connectivity index (χ0n) is 13.5. The minimum absolute atomic E-state index is 0.0932. The van der Waals surface area contributed by atoms with Crippen LogP contribution >= 0.6 is 27.5 Å². The first-order valence-corrected chi connectivity index (χ1v) is 8.84. The van der Waals surface area contributed by atoms with Gasteiger partial charge in [-0.15, -0.1) is 0 Å². The Labute approximate surface area is 160 Å². The lowest BCUT2D eigenvalue weighted by molar-refractivity contribution is -0.120. The van der Waals surface area contributed by atoms with Gasteiger partial charge in [-0.2, -0.15) is 0 Å². The number of carbonyl (C=O) groups excluding carboxylic acids is 2. The molecule has 2 aromatic carbocycles. The van der Waals surface area contributed by atoms with Gasteiger partial charge in [0.25, 0.3) is 0 Å². The average Bonchev–Trinajstić information content (AvgIpc) is 2.60. The summed E-state index contributed by atoms with van der Waals surface area (Å²) in [5, 5.41) is 6.26. The first kappa shape index (κ1) is 19.2. The van der Waals surface area contributed by atoms with Crippen molar-refractivity contribution in [1.29, 1.82) is 0 Å². The summed E-state index contributed by atoms with van der Waals surface area (Å²) < 4.78 is 0.854. The first-order valence-electron chi connectivity index (χ1n) is 7.67. The van der Waals surface area contributed by atoms with Crippen LogP contribution in [0, 0.1) is 0 Å². The minimum Gasteiger partial charge on any atom is -0.352 e. The quantitative estimate of drug-likeness (QED) is 0.669. The van der Waals surface area contributed by atoms with E-state index in [-0.39, 0.29) is 18.2 Å². The minimum atomic E-state index is -0.244. The van der Waals surface area contributed by atoms with E-state index >= 15 is 0 Å². The second kappa shape index (κ2) is 9.39. The van der Waals surface area contributed by atoms with Gasteiger partial charge >= 0.3 is 0 Å². The predicted molar refractivity (Wildman–Crippen MR) is 103 cm³/mol. The Kier molecular flexibility index (Phi) is 7.22. The SMILES string of the molecule is C=CC(=O)NCc1ccccc1CC(=O)NCc1ccc(Cl)cc1Br. The zero-order valence-corrected chi connectivity index (χ0v) is 15.9. The number of rotatable bonds is 7. The van der Waals surface area contributed by atoms with Crippen molar-refractivity contribution >= 4 is 39.3 Å². The molecule has 0 fully saturated rings. The van der Waals surface area contributed by atoms with E-state index in [4.69, 9.17) is 11.6 Å². The molecular formula is C19H18BrClN2O2. The first-order chi connectivity index (χ1) is 12.0. The van der Waals surface area contributed by atoms with E-state index in [1.807, 2.05) is 30.3 Å². The molecule has 25 heavy (non-hydrogen) atoms. The van der Waals surface area contributed by atoms with Crippen LogP contribution in [0.2, 0.25) is 5.02 Å². The highest BCUT2D eigenvalue weighted by molar-refractivity contribution is 9.10. The van der Waals surface area contributed by atoms with Crippen molar-refractivity contribution in [1.82, 2.24) is 10.6 Å². The highest BCUT2D eigenvalue weighted by Crippen LogP contribution is 2.21. The molecule has 0 radical (unpaired) electrons. The summed E-state index contributed by atoms with van der Waals surface area (Å²) in [7, 11) is 0. The molecule has 2 N–H and O–H groups in total. The second-order valence-electron chi connectivity index (χ2n) is 5.38. The van der Waals surface area contributed by atoms with Crippen LogP contribution in [-0.4, -0.2) is 11.8 Å². The van der Waals surface area contributed by atoms with Crippen molar-refractivity contribution in [3.8, 4) is 0 Å². The molecule has 0 saturated carbocycles. The van der Waals surface area contributed by atoms with E-state index in [0.29, 0.717) is 18.1 Å². The molecule has 0 saturated heterocycles. The maximum absolute atomic E-state index is 12.3. The molecule has 0 aliphatic rings. The van der Waals surface area contributed by atoms with Crippen molar-refractivity contribution in [3.05, 3.63) is 81.3 Å². The third-order valence-electron chi connectivity index (χ3n) is 3.60. The number of amides is 2. The van der Waals surface area contributed by atoms with Gasteiger partial charge in [-0.25, -0.2) is 0 Å². The van der Waals surface area contributed by atoms with Crippen LogP contribution in [0.3, 0.4) is 0 Å². The number of halogens is 2. The highest BCUT2D eigenvalue weighted by atomic mass is 79.9. The van der Waals surface area contributed by atoms with Crippen LogP contribution in [0.4, 0.5) is 0 Å². The van der Waals surface area contributed by atoms with E-state index in [2.05, 4.69) is 33.1 Å². The molecule has 2 aromatic rings. The Balaban J connectivity index is 1.96. The van der Waals surface area contributed by atoms with E-state index in [1.165, 1.54) is 6.08 Å². The van der Waals surface area contributed by atoms with Crippen LogP contribution in [-0.2, 0) is 29.1 Å². The number of nitrogens with one attached hydrogen (secondary N) is 2. The van der Waals surface area contributed by atoms with Crippen molar-refractivity contribution in [3.63, 3.8) is 0 Å². The van der Waals surface area contributed by atoms with Gasteiger partial charge in [-0.3, -0.25) is 9.59 Å². The third kappa shape index (κ3) is 6.03. The zero-order chi connectivity index (χ0) is 18.2. The van der Waals surface area contributed by atoms with Gasteiger partial charge in [0, 0.05) is 22.6 Å². The summed E-state index contributed by atoms with van der Waals surface area (Å²) in [6.45, 7) is 4.19. The molecule has 0 aromatic heterocycles. The molecule has 0 spiro atoms. The smallest absolute Gasteiger partial charge is 0.243 e. The largest absolute Gasteiger partial charge is 0.352 e. The van der Waals surface area contributed by atoms with E-state index in [1.54, 1.807) is 12.1 Å². The Morgan fingerprint density at radius 1 is 1.04 bits per heavy atom. The van der Waals surface area contributed by atoms with E-state index in [9.17, 15) is 9.59 Å². The molecule has 6 heteroatoms. The standard InChI is InChI=1S/C19H18BrClN2O2/c1-2-18(24)22-11-14-6-4-3-5-13(14)9-19(25)23-12-15-7-8-16(21)10-17(15)20/h2-8,10H,1,9,11-12H2,(H,22,24)(H,23,25). The molecule has 0 bridgehead atoms. The van der Waals surface area contributed by atoms with Crippen molar-refractivity contribution in [2.45, 2.75) is 19.5 Å². The molecular weight excluding hydrogens is 404 g/mol. The number of benzene rings is 2. The lowest BCUT2D eigenvalue weighted by Gasteiger charge is -2.11. The van der Waals surface area contributed by atoms with E-state index < -0.39 is 0 Å². The van der Waals surface area contributed by atoms with Crippen LogP contribution in [0.5, 0.6) is 0 Å². The maximum atomic E-state index is 12.3. The van der Waals surface area contributed by atoms with Crippen molar-refractivity contribution < 1.29 is 9.59 Å². The van der Waals surface area contributed by atoms with Crippen molar-refractivity contribution in [2.24, 2.45) is 0 Å². The van der Waals surface area contributed by atoms with Gasteiger partial charge in [0.1, 0.15) is 0 Å². The summed E-state index contributed by atoms with van der Waals surface area (Å²) in [5.41, 5.74) is 2.73. The van der Waals surface area contributed by atoms with Gasteiger partial charge in [0.2, 0.25) is 11.8 Å². The predicted octanol–water partition coefficient (Wildman–Crippen LogP) is 3.76. The van der Waals surface area contributed by atoms with Crippen LogP contribution in [0.15, 0.2) is 59.6 Å². The Morgan fingerprint density at radius 2 is 1.72 bits per heavy atom. The number of hydrogen-bond acceptors (Lipinski definition) is 2. The van der Waals surface area contributed by atoms with Crippen LogP contribution in [0.25, 0.3) is 0 Å². The lowest BCUT2D eigenvalue weighted by atomic mass is 10.0. The van der Waals surface area contributed by atoms with Gasteiger partial charge in [-0.1, -0.05) is 64.4 Å².